The standard InChI is InChI=1S/C24H22BrN3O3/c25-15-8-9-17-16(13-15)24(23(31)26-17)20-19(18-7-4-11-28(18)24)21(29)27(22(20)30)12-10-14-5-2-1-3-6-14/h1-3,5-6,8-9,13,18-20H,4,7,10-12H2,(H,26,31)/t18-,19+,20-,24-/m0/s1. The van der Waals surface area contributed by atoms with Crippen LogP contribution < -0.4 is 5.32 Å². The highest BCUT2D eigenvalue weighted by Gasteiger charge is 2.74. The highest BCUT2D eigenvalue weighted by molar-refractivity contribution is 9.10. The Labute approximate surface area is 188 Å². The Morgan fingerprint density at radius 2 is 1.87 bits per heavy atom. The molecule has 3 fully saturated rings. The average molecular weight is 480 g/mol. The van der Waals surface area contributed by atoms with Gasteiger partial charge in [0.05, 0.1) is 11.8 Å². The van der Waals surface area contributed by atoms with Gasteiger partial charge in [0.1, 0.15) is 5.54 Å². The summed E-state index contributed by atoms with van der Waals surface area (Å²) < 4.78 is 0.860. The Bertz CT molecular complexity index is 1120. The molecule has 2 aromatic carbocycles. The van der Waals surface area contributed by atoms with Crippen molar-refractivity contribution in [3.05, 3.63) is 64.1 Å². The van der Waals surface area contributed by atoms with Crippen molar-refractivity contribution in [2.45, 2.75) is 30.8 Å². The summed E-state index contributed by atoms with van der Waals surface area (Å²) in [6.07, 6.45) is 2.39. The van der Waals surface area contributed by atoms with Crippen molar-refractivity contribution < 1.29 is 14.4 Å². The summed E-state index contributed by atoms with van der Waals surface area (Å²) in [7, 11) is 0. The predicted molar refractivity (Wildman–Crippen MR) is 118 cm³/mol. The van der Waals surface area contributed by atoms with Crippen LogP contribution in [-0.2, 0) is 26.3 Å². The zero-order chi connectivity index (χ0) is 21.3. The van der Waals surface area contributed by atoms with Crippen molar-refractivity contribution in [1.29, 1.82) is 0 Å². The first-order chi connectivity index (χ1) is 15.0. The van der Waals surface area contributed by atoms with Crippen LogP contribution in [0.3, 0.4) is 0 Å². The Morgan fingerprint density at radius 3 is 2.68 bits per heavy atom. The third-order valence-corrected chi connectivity index (χ3v) is 8.01. The number of amides is 3. The molecule has 6 rings (SSSR count). The summed E-state index contributed by atoms with van der Waals surface area (Å²) in [5.74, 6) is -1.62. The number of nitrogens with one attached hydrogen (secondary N) is 1. The second-order valence-corrected chi connectivity index (χ2v) is 9.80. The van der Waals surface area contributed by atoms with Crippen molar-refractivity contribution >= 4 is 39.3 Å². The molecular formula is C24H22BrN3O3. The zero-order valence-corrected chi connectivity index (χ0v) is 18.5. The van der Waals surface area contributed by atoms with Crippen LogP contribution in [0.5, 0.6) is 0 Å². The maximum absolute atomic E-state index is 13.7. The lowest BCUT2D eigenvalue weighted by Crippen LogP contribution is -2.54. The average Bonchev–Trinajstić information content (AvgIpc) is 3.47. The number of anilines is 1. The number of hydrogen-bond donors (Lipinski definition) is 1. The second-order valence-electron chi connectivity index (χ2n) is 8.88. The minimum Gasteiger partial charge on any atom is -0.324 e. The molecule has 4 heterocycles. The van der Waals surface area contributed by atoms with E-state index in [-0.39, 0.29) is 23.8 Å². The summed E-state index contributed by atoms with van der Waals surface area (Å²) in [4.78, 5) is 44.4. The number of fused-ring (bicyclic) bond motifs is 7. The van der Waals surface area contributed by atoms with Gasteiger partial charge in [0.25, 0.3) is 0 Å². The molecule has 4 atom stereocenters. The van der Waals surface area contributed by atoms with E-state index in [4.69, 9.17) is 0 Å². The van der Waals surface area contributed by atoms with Gasteiger partial charge >= 0.3 is 0 Å². The van der Waals surface area contributed by atoms with Crippen LogP contribution in [0.1, 0.15) is 24.0 Å². The number of likely N-dealkylation sites (tertiary alicyclic amines) is 1. The summed E-state index contributed by atoms with van der Waals surface area (Å²) in [6.45, 7) is 1.08. The first kappa shape index (κ1) is 19.2. The van der Waals surface area contributed by atoms with E-state index < -0.39 is 17.4 Å². The monoisotopic (exact) mass is 479 g/mol. The molecule has 4 aliphatic rings. The molecule has 0 bridgehead atoms. The molecule has 0 aliphatic carbocycles. The maximum Gasteiger partial charge on any atom is 0.250 e. The maximum atomic E-state index is 13.7. The normalized spacial score (nSPS) is 31.3. The molecule has 1 N–H and O–H groups in total. The molecule has 31 heavy (non-hydrogen) atoms. The van der Waals surface area contributed by atoms with Crippen LogP contribution in [0.2, 0.25) is 0 Å². The quantitative estimate of drug-likeness (QED) is 0.687. The Balaban J connectivity index is 1.43. The minimum atomic E-state index is -1.10. The molecule has 158 valence electrons. The fraction of sp³-hybridized carbons (Fsp3) is 0.375. The first-order valence-corrected chi connectivity index (χ1v) is 11.6. The zero-order valence-electron chi connectivity index (χ0n) is 16.9. The van der Waals surface area contributed by atoms with E-state index in [9.17, 15) is 14.4 Å². The fourth-order valence-corrected chi connectivity index (χ4v) is 6.70. The van der Waals surface area contributed by atoms with Gasteiger partial charge in [-0.15, -0.1) is 0 Å². The van der Waals surface area contributed by atoms with E-state index in [1.807, 2.05) is 48.5 Å². The van der Waals surface area contributed by atoms with Crippen molar-refractivity contribution in [2.24, 2.45) is 11.8 Å². The topological polar surface area (TPSA) is 69.7 Å². The van der Waals surface area contributed by atoms with Crippen molar-refractivity contribution in [3.63, 3.8) is 0 Å². The molecule has 6 nitrogen and oxygen atoms in total. The van der Waals surface area contributed by atoms with Crippen molar-refractivity contribution in [3.8, 4) is 0 Å². The molecular weight excluding hydrogens is 458 g/mol. The van der Waals surface area contributed by atoms with Gasteiger partial charge in [-0.25, -0.2) is 0 Å². The van der Waals surface area contributed by atoms with E-state index >= 15 is 0 Å². The van der Waals surface area contributed by atoms with Gasteiger partial charge < -0.3 is 5.32 Å². The number of imide groups is 1. The SMILES string of the molecule is O=C1[C@H]2[C@@H](C(=O)N1CCc1ccccc1)[C@@]1(C(=O)Nc3ccc(Br)cc31)N1CCC[C@@H]21. The first-order valence-electron chi connectivity index (χ1n) is 10.8. The van der Waals surface area contributed by atoms with Crippen LogP contribution in [0.4, 0.5) is 5.69 Å². The highest BCUT2D eigenvalue weighted by atomic mass is 79.9. The predicted octanol–water partition coefficient (Wildman–Crippen LogP) is 2.92. The van der Waals surface area contributed by atoms with E-state index in [1.165, 1.54) is 4.90 Å². The third-order valence-electron chi connectivity index (χ3n) is 7.51. The van der Waals surface area contributed by atoms with E-state index in [0.29, 0.717) is 13.0 Å². The molecule has 0 unspecified atom stereocenters. The van der Waals surface area contributed by atoms with E-state index in [2.05, 4.69) is 26.1 Å². The van der Waals surface area contributed by atoms with Gasteiger partial charge in [-0.05, 0) is 49.6 Å². The lowest BCUT2D eigenvalue weighted by atomic mass is 9.75. The summed E-state index contributed by atoms with van der Waals surface area (Å²) >= 11 is 3.53. The number of carbonyl (C=O) groups is 3. The number of nitrogens with zero attached hydrogens (tertiary/aromatic N) is 2. The van der Waals surface area contributed by atoms with Gasteiger partial charge in [-0.2, -0.15) is 0 Å². The van der Waals surface area contributed by atoms with Crippen LogP contribution in [0.15, 0.2) is 53.0 Å². The molecule has 3 amide bonds. The fourth-order valence-electron chi connectivity index (χ4n) is 6.34. The van der Waals surface area contributed by atoms with Gasteiger partial charge in [-0.3, -0.25) is 24.2 Å². The third kappa shape index (κ3) is 2.44. The van der Waals surface area contributed by atoms with Gasteiger partial charge in [0.2, 0.25) is 17.7 Å². The Hall–Kier alpha value is -2.51. The molecule has 4 aliphatic heterocycles. The largest absolute Gasteiger partial charge is 0.324 e. The molecule has 0 saturated carbocycles. The van der Waals surface area contributed by atoms with Crippen LogP contribution in [-0.4, -0.2) is 46.7 Å². The summed E-state index contributed by atoms with van der Waals surface area (Å²) in [5.41, 5.74) is 1.55. The van der Waals surface area contributed by atoms with Gasteiger partial charge in [0, 0.05) is 28.3 Å². The Morgan fingerprint density at radius 1 is 1.06 bits per heavy atom. The van der Waals surface area contributed by atoms with Crippen LogP contribution >= 0.6 is 15.9 Å². The van der Waals surface area contributed by atoms with Gasteiger partial charge in [-0.1, -0.05) is 46.3 Å². The lowest BCUT2D eigenvalue weighted by Gasteiger charge is -2.36. The van der Waals surface area contributed by atoms with E-state index in [1.54, 1.807) is 0 Å². The molecule has 2 aromatic rings. The molecule has 7 heteroatoms. The number of benzene rings is 2. The smallest absolute Gasteiger partial charge is 0.250 e. The molecule has 1 spiro atoms. The molecule has 0 radical (unpaired) electrons. The lowest BCUT2D eigenvalue weighted by molar-refractivity contribution is -0.145. The number of hydrogen-bond acceptors (Lipinski definition) is 4. The van der Waals surface area contributed by atoms with Crippen LogP contribution in [0.25, 0.3) is 0 Å². The van der Waals surface area contributed by atoms with E-state index in [0.717, 1.165) is 40.7 Å². The van der Waals surface area contributed by atoms with Crippen molar-refractivity contribution in [1.82, 2.24) is 9.80 Å². The second kappa shape index (κ2) is 6.74. The number of halogens is 1. The molecule has 0 aromatic heterocycles. The highest BCUT2D eigenvalue weighted by Crippen LogP contribution is 2.60. The van der Waals surface area contributed by atoms with Gasteiger partial charge in [0.15, 0.2) is 0 Å². The number of carbonyl (C=O) groups excluding carboxylic acids is 3. The number of rotatable bonds is 3. The summed E-state index contributed by atoms with van der Waals surface area (Å²) in [6, 6.07) is 15.5. The Kier molecular flexibility index (Phi) is 4.17. The molecule has 3 saturated heterocycles. The van der Waals surface area contributed by atoms with Crippen LogP contribution in [0, 0.1) is 11.8 Å². The minimum absolute atomic E-state index is 0.0705. The summed E-state index contributed by atoms with van der Waals surface area (Å²) in [5, 5.41) is 3.01. The van der Waals surface area contributed by atoms with Crippen molar-refractivity contribution in [2.75, 3.05) is 18.4 Å².